The molecule has 0 amide bonds. The second kappa shape index (κ2) is 5.65. The molecule has 3 rings (SSSR count). The van der Waals surface area contributed by atoms with E-state index in [1.165, 1.54) is 0 Å². The topological polar surface area (TPSA) is 94.1 Å². The third-order valence-corrected chi connectivity index (χ3v) is 4.07. The van der Waals surface area contributed by atoms with Crippen LogP contribution in [0.3, 0.4) is 0 Å². The van der Waals surface area contributed by atoms with Crippen molar-refractivity contribution in [3.63, 3.8) is 0 Å². The van der Waals surface area contributed by atoms with Gasteiger partial charge in [-0.05, 0) is 49.9 Å². The monoisotopic (exact) mass is 286 g/mol. The molecule has 1 aromatic heterocycles. The number of rotatable bonds is 3. The van der Waals surface area contributed by atoms with Crippen molar-refractivity contribution in [1.82, 2.24) is 4.98 Å². The highest BCUT2D eigenvalue weighted by molar-refractivity contribution is 5.94. The largest absolute Gasteiger partial charge is 0.377 e. The van der Waals surface area contributed by atoms with E-state index in [1.807, 2.05) is 6.07 Å². The van der Waals surface area contributed by atoms with Crippen molar-refractivity contribution in [3.8, 4) is 0 Å². The fraction of sp³-hybridized carbons (Fsp3) is 0.400. The predicted molar refractivity (Wildman–Crippen MR) is 82.3 cm³/mol. The van der Waals surface area contributed by atoms with E-state index in [4.69, 9.17) is 5.73 Å². The van der Waals surface area contributed by atoms with Crippen LogP contribution in [-0.4, -0.2) is 22.0 Å². The number of nitro benzene ring substituents is 1. The van der Waals surface area contributed by atoms with E-state index in [0.29, 0.717) is 16.6 Å². The Hall–Kier alpha value is -2.21. The number of hydrogen-bond acceptors (Lipinski definition) is 5. The van der Waals surface area contributed by atoms with E-state index in [-0.39, 0.29) is 22.7 Å². The summed E-state index contributed by atoms with van der Waals surface area (Å²) in [6, 6.07) is 7.54. The van der Waals surface area contributed by atoms with E-state index in [9.17, 15) is 10.1 Å². The molecule has 1 aliphatic rings. The molecule has 0 aliphatic heterocycles. The quantitative estimate of drug-likeness (QED) is 0.668. The van der Waals surface area contributed by atoms with Gasteiger partial charge in [-0.2, -0.15) is 0 Å². The average Bonchev–Trinajstić information content (AvgIpc) is 2.49. The first-order valence-corrected chi connectivity index (χ1v) is 7.19. The van der Waals surface area contributed by atoms with Crippen LogP contribution in [0.4, 0.5) is 11.4 Å². The zero-order valence-corrected chi connectivity index (χ0v) is 11.7. The Morgan fingerprint density at radius 1 is 1.24 bits per heavy atom. The molecule has 6 heteroatoms. The van der Waals surface area contributed by atoms with Crippen LogP contribution in [0.2, 0.25) is 0 Å². The van der Waals surface area contributed by atoms with Gasteiger partial charge in [0.1, 0.15) is 5.69 Å². The number of nitrogens with one attached hydrogen (secondary N) is 1. The molecule has 1 aromatic carbocycles. The van der Waals surface area contributed by atoms with Crippen LogP contribution >= 0.6 is 0 Å². The number of aromatic nitrogens is 1. The number of nitrogens with zero attached hydrogens (tertiary/aromatic N) is 2. The van der Waals surface area contributed by atoms with Gasteiger partial charge in [-0.3, -0.25) is 15.1 Å². The maximum Gasteiger partial charge on any atom is 0.301 e. The van der Waals surface area contributed by atoms with Crippen molar-refractivity contribution in [1.29, 1.82) is 0 Å². The first kappa shape index (κ1) is 13.8. The second-order valence-electron chi connectivity index (χ2n) is 5.54. The molecular weight excluding hydrogens is 268 g/mol. The van der Waals surface area contributed by atoms with Crippen LogP contribution in [-0.2, 0) is 0 Å². The molecule has 1 fully saturated rings. The van der Waals surface area contributed by atoms with Crippen LogP contribution in [0, 0.1) is 10.1 Å². The standard InChI is InChI=1S/C15H18N4O2/c16-10-3-5-11(6-4-10)18-14-8-7-13-12(2-1-9-17-13)15(14)19(20)21/h1-2,7-11,18H,3-6,16H2. The highest BCUT2D eigenvalue weighted by Gasteiger charge is 2.23. The SMILES string of the molecule is NC1CCC(Nc2ccc3ncccc3c2[N+](=O)[O-])CC1. The van der Waals surface area contributed by atoms with Gasteiger partial charge in [0, 0.05) is 18.3 Å². The molecule has 0 bridgehead atoms. The van der Waals surface area contributed by atoms with Crippen molar-refractivity contribution < 1.29 is 4.92 Å². The van der Waals surface area contributed by atoms with Crippen molar-refractivity contribution in [3.05, 3.63) is 40.6 Å². The first-order valence-electron chi connectivity index (χ1n) is 7.19. The molecule has 0 spiro atoms. The third kappa shape index (κ3) is 2.80. The maximum absolute atomic E-state index is 11.4. The zero-order chi connectivity index (χ0) is 14.8. The smallest absolute Gasteiger partial charge is 0.301 e. The highest BCUT2D eigenvalue weighted by Crippen LogP contribution is 2.34. The molecule has 1 heterocycles. The summed E-state index contributed by atoms with van der Waals surface area (Å²) in [6.07, 6.45) is 5.45. The summed E-state index contributed by atoms with van der Waals surface area (Å²) in [5.74, 6) is 0. The minimum atomic E-state index is -0.332. The van der Waals surface area contributed by atoms with Crippen molar-refractivity contribution in [2.24, 2.45) is 5.73 Å². The summed E-state index contributed by atoms with van der Waals surface area (Å²) in [7, 11) is 0. The molecule has 1 saturated carbocycles. The zero-order valence-electron chi connectivity index (χ0n) is 11.7. The molecule has 21 heavy (non-hydrogen) atoms. The van der Waals surface area contributed by atoms with Crippen molar-refractivity contribution in [2.45, 2.75) is 37.8 Å². The second-order valence-corrected chi connectivity index (χ2v) is 5.54. The predicted octanol–water partition coefficient (Wildman–Crippen LogP) is 2.82. The van der Waals surface area contributed by atoms with Gasteiger partial charge in [0.2, 0.25) is 0 Å². The summed E-state index contributed by atoms with van der Waals surface area (Å²) >= 11 is 0. The Kier molecular flexibility index (Phi) is 3.70. The fourth-order valence-electron chi connectivity index (χ4n) is 2.93. The molecule has 0 unspecified atom stereocenters. The Balaban J connectivity index is 1.94. The summed E-state index contributed by atoms with van der Waals surface area (Å²) in [5, 5.41) is 15.3. The number of anilines is 1. The molecule has 110 valence electrons. The molecule has 0 saturated heterocycles. The van der Waals surface area contributed by atoms with Crippen LogP contribution in [0.5, 0.6) is 0 Å². The lowest BCUT2D eigenvalue weighted by Gasteiger charge is -2.27. The minimum absolute atomic E-state index is 0.107. The number of nitrogens with two attached hydrogens (primary N) is 1. The van der Waals surface area contributed by atoms with E-state index in [0.717, 1.165) is 25.7 Å². The van der Waals surface area contributed by atoms with Gasteiger partial charge in [-0.25, -0.2) is 0 Å². The summed E-state index contributed by atoms with van der Waals surface area (Å²) in [4.78, 5) is 15.3. The minimum Gasteiger partial charge on any atom is -0.377 e. The van der Waals surface area contributed by atoms with E-state index in [2.05, 4.69) is 10.3 Å². The van der Waals surface area contributed by atoms with Crippen LogP contribution in [0.15, 0.2) is 30.5 Å². The molecule has 0 atom stereocenters. The van der Waals surface area contributed by atoms with E-state index in [1.54, 1.807) is 24.4 Å². The number of nitro groups is 1. The maximum atomic E-state index is 11.4. The summed E-state index contributed by atoms with van der Waals surface area (Å²) in [6.45, 7) is 0. The third-order valence-electron chi connectivity index (χ3n) is 4.07. The molecule has 1 aliphatic carbocycles. The Bertz CT molecular complexity index is 666. The highest BCUT2D eigenvalue weighted by atomic mass is 16.6. The van der Waals surface area contributed by atoms with Crippen LogP contribution < -0.4 is 11.1 Å². The van der Waals surface area contributed by atoms with Gasteiger partial charge >= 0.3 is 5.69 Å². The number of hydrogen-bond donors (Lipinski definition) is 2. The van der Waals surface area contributed by atoms with Crippen LogP contribution in [0.25, 0.3) is 10.9 Å². The average molecular weight is 286 g/mol. The number of benzene rings is 1. The normalized spacial score (nSPS) is 22.1. The van der Waals surface area contributed by atoms with E-state index < -0.39 is 0 Å². The molecule has 0 radical (unpaired) electrons. The summed E-state index contributed by atoms with van der Waals surface area (Å²) < 4.78 is 0. The number of pyridine rings is 1. The van der Waals surface area contributed by atoms with Gasteiger partial charge < -0.3 is 11.1 Å². The lowest BCUT2D eigenvalue weighted by Crippen LogP contribution is -2.32. The Morgan fingerprint density at radius 2 is 2.00 bits per heavy atom. The lowest BCUT2D eigenvalue weighted by molar-refractivity contribution is -0.382. The lowest BCUT2D eigenvalue weighted by atomic mass is 9.91. The molecular formula is C15H18N4O2. The van der Waals surface area contributed by atoms with Crippen molar-refractivity contribution >= 4 is 22.3 Å². The Labute approximate surface area is 122 Å². The van der Waals surface area contributed by atoms with E-state index >= 15 is 0 Å². The fourth-order valence-corrected chi connectivity index (χ4v) is 2.93. The molecule has 2 aromatic rings. The summed E-state index contributed by atoms with van der Waals surface area (Å²) in [5.41, 5.74) is 7.22. The van der Waals surface area contributed by atoms with Gasteiger partial charge in [0.15, 0.2) is 0 Å². The van der Waals surface area contributed by atoms with Crippen LogP contribution in [0.1, 0.15) is 25.7 Å². The van der Waals surface area contributed by atoms with Gasteiger partial charge in [-0.1, -0.05) is 0 Å². The Morgan fingerprint density at radius 3 is 2.71 bits per heavy atom. The molecule has 3 N–H and O–H groups in total. The number of fused-ring (bicyclic) bond motifs is 1. The molecule has 6 nitrogen and oxygen atoms in total. The van der Waals surface area contributed by atoms with Crippen molar-refractivity contribution in [2.75, 3.05) is 5.32 Å². The van der Waals surface area contributed by atoms with Gasteiger partial charge in [0.05, 0.1) is 15.8 Å². The first-order chi connectivity index (χ1) is 10.1. The van der Waals surface area contributed by atoms with Gasteiger partial charge in [0.25, 0.3) is 0 Å². The van der Waals surface area contributed by atoms with Gasteiger partial charge in [-0.15, -0.1) is 0 Å².